The molecule has 0 saturated carbocycles. The molecule has 2 heterocycles. The van der Waals surface area contributed by atoms with Crippen LogP contribution in [0.1, 0.15) is 43.4 Å². The number of para-hydroxylation sites is 1. The summed E-state index contributed by atoms with van der Waals surface area (Å²) in [7, 11) is -3.51. The fraction of sp³-hybridized carbons (Fsp3) is 0.360. The van der Waals surface area contributed by atoms with Crippen molar-refractivity contribution in [1.29, 1.82) is 0 Å². The molecule has 2 aromatic carbocycles. The Morgan fingerprint density at radius 3 is 2.33 bits per heavy atom. The molecule has 1 aromatic heterocycles. The number of aromatic nitrogens is 1. The van der Waals surface area contributed by atoms with Crippen molar-refractivity contribution in [2.75, 3.05) is 18.4 Å². The number of carbonyl (C=O) groups excluding carboxylic acids is 1. The third kappa shape index (κ3) is 4.32. The van der Waals surface area contributed by atoms with Gasteiger partial charge >= 0.3 is 0 Å². The zero-order chi connectivity index (χ0) is 23.8. The van der Waals surface area contributed by atoms with Gasteiger partial charge in [-0.1, -0.05) is 25.1 Å². The van der Waals surface area contributed by atoms with Crippen molar-refractivity contribution >= 4 is 32.5 Å². The second-order valence-electron chi connectivity index (χ2n) is 8.56. The second-order valence-corrected chi connectivity index (χ2v) is 10.5. The molecule has 0 spiro atoms. The highest BCUT2D eigenvalue weighted by Crippen LogP contribution is 2.26. The van der Waals surface area contributed by atoms with Gasteiger partial charge < -0.3 is 5.32 Å². The van der Waals surface area contributed by atoms with Crippen molar-refractivity contribution in [2.45, 2.75) is 51.0 Å². The second kappa shape index (κ2) is 9.11. The summed E-state index contributed by atoms with van der Waals surface area (Å²) in [5.74, 6) is -0.317. The number of nitrogens with one attached hydrogen (secondary N) is 1. The summed E-state index contributed by atoms with van der Waals surface area (Å²) in [5, 5.41) is 3.80. The summed E-state index contributed by atoms with van der Waals surface area (Å²) in [6.07, 6.45) is 2.18. The van der Waals surface area contributed by atoms with Gasteiger partial charge in [-0.3, -0.25) is 14.2 Å². The van der Waals surface area contributed by atoms with Crippen LogP contribution in [0, 0.1) is 13.8 Å². The number of benzene rings is 2. The van der Waals surface area contributed by atoms with E-state index in [4.69, 9.17) is 0 Å². The lowest BCUT2D eigenvalue weighted by Crippen LogP contribution is -2.33. The van der Waals surface area contributed by atoms with Gasteiger partial charge in [-0.15, -0.1) is 0 Å². The summed E-state index contributed by atoms with van der Waals surface area (Å²) >= 11 is 0. The maximum atomic E-state index is 13.2. The van der Waals surface area contributed by atoms with E-state index in [0.29, 0.717) is 25.2 Å². The van der Waals surface area contributed by atoms with Crippen molar-refractivity contribution in [1.82, 2.24) is 8.87 Å². The molecule has 1 atom stereocenters. The van der Waals surface area contributed by atoms with Gasteiger partial charge in [0.2, 0.25) is 15.9 Å². The third-order valence-electron chi connectivity index (χ3n) is 6.31. The van der Waals surface area contributed by atoms with Crippen LogP contribution in [0.2, 0.25) is 0 Å². The Morgan fingerprint density at radius 1 is 1.03 bits per heavy atom. The highest BCUT2D eigenvalue weighted by molar-refractivity contribution is 7.89. The highest BCUT2D eigenvalue weighted by atomic mass is 32.2. The SMILES string of the molecule is CCC(C(=O)Nc1ccc(S(=O)(=O)N2CCCC2)cc1)n1c(=O)cc(C)c2cccc(C)c21. The van der Waals surface area contributed by atoms with Gasteiger partial charge in [0.05, 0.1) is 10.4 Å². The molecule has 1 aliphatic rings. The van der Waals surface area contributed by atoms with Crippen molar-refractivity contribution in [3.05, 3.63) is 70.0 Å². The summed E-state index contributed by atoms with van der Waals surface area (Å²) in [4.78, 5) is 26.4. The molecule has 174 valence electrons. The number of hydrogen-bond donors (Lipinski definition) is 1. The van der Waals surface area contributed by atoms with Crippen LogP contribution in [0.5, 0.6) is 0 Å². The van der Waals surface area contributed by atoms with Crippen molar-refractivity contribution in [3.8, 4) is 0 Å². The predicted octanol–water partition coefficient (Wildman–Crippen LogP) is 3.99. The molecular formula is C25H29N3O4S. The van der Waals surface area contributed by atoms with E-state index in [1.807, 2.05) is 39.0 Å². The lowest BCUT2D eigenvalue weighted by molar-refractivity contribution is -0.119. The van der Waals surface area contributed by atoms with Crippen LogP contribution in [-0.4, -0.2) is 36.3 Å². The maximum absolute atomic E-state index is 13.2. The van der Waals surface area contributed by atoms with Crippen molar-refractivity contribution in [2.24, 2.45) is 0 Å². The number of aryl methyl sites for hydroxylation is 2. The first-order valence-corrected chi connectivity index (χ1v) is 12.7. The average Bonchev–Trinajstić information content (AvgIpc) is 3.33. The monoisotopic (exact) mass is 467 g/mol. The zero-order valence-electron chi connectivity index (χ0n) is 19.2. The van der Waals surface area contributed by atoms with Gasteiger partial charge in [0, 0.05) is 30.2 Å². The Hall–Kier alpha value is -2.97. The van der Waals surface area contributed by atoms with Crippen molar-refractivity contribution < 1.29 is 13.2 Å². The summed E-state index contributed by atoms with van der Waals surface area (Å²) in [6.45, 7) is 6.77. The van der Waals surface area contributed by atoms with Crippen LogP contribution in [0.25, 0.3) is 10.9 Å². The van der Waals surface area contributed by atoms with E-state index in [-0.39, 0.29) is 16.4 Å². The molecular weight excluding hydrogens is 438 g/mol. The predicted molar refractivity (Wildman–Crippen MR) is 130 cm³/mol. The molecule has 1 amide bonds. The van der Waals surface area contributed by atoms with E-state index in [1.54, 1.807) is 22.8 Å². The molecule has 1 fully saturated rings. The lowest BCUT2D eigenvalue weighted by atomic mass is 10.0. The molecule has 0 bridgehead atoms. The fourth-order valence-electron chi connectivity index (χ4n) is 4.55. The first-order valence-electron chi connectivity index (χ1n) is 11.3. The average molecular weight is 468 g/mol. The molecule has 8 heteroatoms. The van der Waals surface area contributed by atoms with E-state index in [0.717, 1.165) is 34.9 Å². The number of pyridine rings is 1. The number of amides is 1. The lowest BCUT2D eigenvalue weighted by Gasteiger charge is -2.22. The number of nitrogens with zero attached hydrogens (tertiary/aromatic N) is 2. The molecule has 0 aliphatic carbocycles. The Kier molecular flexibility index (Phi) is 6.41. The van der Waals surface area contributed by atoms with E-state index in [2.05, 4.69) is 5.32 Å². The molecule has 1 aliphatic heterocycles. The van der Waals surface area contributed by atoms with Crippen molar-refractivity contribution in [3.63, 3.8) is 0 Å². The van der Waals surface area contributed by atoms with Crippen LogP contribution in [0.4, 0.5) is 5.69 Å². The van der Waals surface area contributed by atoms with Gasteiger partial charge in [0.15, 0.2) is 0 Å². The van der Waals surface area contributed by atoms with Gasteiger partial charge in [-0.2, -0.15) is 4.31 Å². The third-order valence-corrected chi connectivity index (χ3v) is 8.22. The largest absolute Gasteiger partial charge is 0.324 e. The molecule has 33 heavy (non-hydrogen) atoms. The van der Waals surface area contributed by atoms with E-state index in [9.17, 15) is 18.0 Å². The number of fused-ring (bicyclic) bond motifs is 1. The fourth-order valence-corrected chi connectivity index (χ4v) is 6.06. The normalized spacial score (nSPS) is 15.6. The quantitative estimate of drug-likeness (QED) is 0.594. The van der Waals surface area contributed by atoms with Crippen LogP contribution in [0.3, 0.4) is 0 Å². The van der Waals surface area contributed by atoms with Gasteiger partial charge in [-0.25, -0.2) is 8.42 Å². The van der Waals surface area contributed by atoms with E-state index >= 15 is 0 Å². The minimum Gasteiger partial charge on any atom is -0.324 e. The first kappa shape index (κ1) is 23.2. The molecule has 1 N–H and O–H groups in total. The molecule has 1 saturated heterocycles. The number of hydrogen-bond acceptors (Lipinski definition) is 4. The van der Waals surface area contributed by atoms with Crippen LogP contribution in [-0.2, 0) is 14.8 Å². The number of anilines is 1. The molecule has 3 aromatic rings. The van der Waals surface area contributed by atoms with Crippen LogP contribution < -0.4 is 10.9 Å². The minimum absolute atomic E-state index is 0.214. The summed E-state index contributed by atoms with van der Waals surface area (Å²) in [5.41, 5.74) is 2.83. The number of rotatable bonds is 6. The van der Waals surface area contributed by atoms with E-state index in [1.165, 1.54) is 16.4 Å². The Labute approximate surface area is 194 Å². The summed E-state index contributed by atoms with van der Waals surface area (Å²) in [6, 6.07) is 12.9. The van der Waals surface area contributed by atoms with Gasteiger partial charge in [-0.05, 0) is 68.5 Å². The van der Waals surface area contributed by atoms with Crippen LogP contribution in [0.15, 0.2) is 58.2 Å². The molecule has 0 radical (unpaired) electrons. The molecule has 1 unspecified atom stereocenters. The topological polar surface area (TPSA) is 88.5 Å². The number of sulfonamides is 1. The highest BCUT2D eigenvalue weighted by Gasteiger charge is 2.27. The molecule has 4 rings (SSSR count). The van der Waals surface area contributed by atoms with Crippen LogP contribution >= 0.6 is 0 Å². The van der Waals surface area contributed by atoms with Gasteiger partial charge in [0.1, 0.15) is 6.04 Å². The standard InChI is InChI=1S/C25H29N3O4S/c1-4-22(28-23(29)16-18(3)21-9-7-8-17(2)24(21)28)25(30)26-19-10-12-20(13-11-19)33(31,32)27-14-5-6-15-27/h7-13,16,22H,4-6,14-15H2,1-3H3,(H,26,30). The zero-order valence-corrected chi connectivity index (χ0v) is 20.0. The Balaban J connectivity index is 1.63. The molecule has 7 nitrogen and oxygen atoms in total. The Bertz CT molecular complexity index is 1350. The van der Waals surface area contributed by atoms with Gasteiger partial charge in [0.25, 0.3) is 5.56 Å². The Morgan fingerprint density at radius 2 is 1.70 bits per heavy atom. The van der Waals surface area contributed by atoms with E-state index < -0.39 is 16.1 Å². The smallest absolute Gasteiger partial charge is 0.252 e. The minimum atomic E-state index is -3.51. The number of carbonyl (C=O) groups is 1. The summed E-state index contributed by atoms with van der Waals surface area (Å²) < 4.78 is 28.5. The maximum Gasteiger partial charge on any atom is 0.252 e. The first-order chi connectivity index (χ1) is 15.7.